The van der Waals surface area contributed by atoms with Gasteiger partial charge in [-0.3, -0.25) is 4.79 Å². The number of fused-ring (bicyclic) bond motifs is 1. The number of para-hydroxylation sites is 2. The Hall–Kier alpha value is -3.93. The fraction of sp³-hybridized carbons (Fsp3) is 0.344. The maximum Gasteiger partial charge on any atom is 0.251 e. The number of carbonyl (C=O) groups excluding carboxylic acids is 1. The predicted octanol–water partition coefficient (Wildman–Crippen LogP) is 7.04. The molecule has 0 unspecified atom stereocenters. The molecule has 1 amide bonds. The number of aryl methyl sites for hydroxylation is 1. The summed E-state index contributed by atoms with van der Waals surface area (Å²) in [5, 5.41) is 4.17. The third-order valence-corrected chi connectivity index (χ3v) is 6.90. The zero-order chi connectivity index (χ0) is 26.9. The van der Waals surface area contributed by atoms with E-state index in [2.05, 4.69) is 22.2 Å². The monoisotopic (exact) mass is 510 g/mol. The molecule has 1 aliphatic rings. The summed E-state index contributed by atoms with van der Waals surface area (Å²) in [6.07, 6.45) is 5.02. The van der Waals surface area contributed by atoms with E-state index in [0.29, 0.717) is 11.5 Å². The third kappa shape index (κ3) is 7.54. The zero-order valence-electron chi connectivity index (χ0n) is 22.9. The molecule has 5 rings (SSSR count). The number of rotatable bonds is 6. The van der Waals surface area contributed by atoms with Gasteiger partial charge in [0.15, 0.2) is 0 Å². The summed E-state index contributed by atoms with van der Waals surface area (Å²) in [5.74, 6) is 4.79. The van der Waals surface area contributed by atoms with Crippen LogP contribution in [0.5, 0.6) is 11.5 Å². The Morgan fingerprint density at radius 2 is 1.50 bits per heavy atom. The molecule has 38 heavy (non-hydrogen) atoms. The fourth-order valence-corrected chi connectivity index (χ4v) is 4.69. The molecule has 0 radical (unpaired) electrons. The molecule has 1 fully saturated rings. The lowest BCUT2D eigenvalue weighted by Crippen LogP contribution is -2.31. The number of hydrogen-bond donors (Lipinski definition) is 1. The number of aromatic nitrogens is 2. The predicted molar refractivity (Wildman–Crippen MR) is 155 cm³/mol. The van der Waals surface area contributed by atoms with E-state index < -0.39 is 0 Å². The Bertz CT molecular complexity index is 1310. The van der Waals surface area contributed by atoms with E-state index in [1.165, 1.54) is 25.7 Å². The van der Waals surface area contributed by atoms with Gasteiger partial charge in [0.1, 0.15) is 23.1 Å². The van der Waals surface area contributed by atoms with Crippen molar-refractivity contribution in [2.24, 2.45) is 11.8 Å². The van der Waals surface area contributed by atoms with Crippen molar-refractivity contribution in [1.82, 2.24) is 15.3 Å². The van der Waals surface area contributed by atoms with Crippen LogP contribution in [0, 0.1) is 18.8 Å². The molecule has 1 aromatic heterocycles. The van der Waals surface area contributed by atoms with Gasteiger partial charge in [0.2, 0.25) is 0 Å². The molecule has 3 aromatic carbocycles. The molecule has 0 atom stereocenters. The van der Waals surface area contributed by atoms with E-state index in [9.17, 15) is 4.79 Å². The Morgan fingerprint density at radius 1 is 0.868 bits per heavy atom. The molecular formula is C32H38N4O2. The zero-order valence-corrected chi connectivity index (χ0v) is 22.9. The highest BCUT2D eigenvalue weighted by molar-refractivity contribution is 5.94. The molecule has 198 valence electrons. The van der Waals surface area contributed by atoms with Gasteiger partial charge >= 0.3 is 0 Å². The van der Waals surface area contributed by atoms with Crippen LogP contribution in [0.4, 0.5) is 5.82 Å². The van der Waals surface area contributed by atoms with Crippen molar-refractivity contribution >= 4 is 22.6 Å². The summed E-state index contributed by atoms with van der Waals surface area (Å²) >= 11 is 0. The molecule has 6 nitrogen and oxygen atoms in total. The average Bonchev–Trinajstić information content (AvgIpc) is 2.93. The molecule has 0 aliphatic heterocycles. The first-order valence-corrected chi connectivity index (χ1v) is 13.4. The Balaban J connectivity index is 0.000000204. The van der Waals surface area contributed by atoms with Crippen LogP contribution in [0.15, 0.2) is 78.9 Å². The van der Waals surface area contributed by atoms with Crippen LogP contribution in [-0.4, -0.2) is 36.5 Å². The Kier molecular flexibility index (Phi) is 9.30. The molecule has 6 heteroatoms. The van der Waals surface area contributed by atoms with Crippen molar-refractivity contribution in [2.75, 3.05) is 25.5 Å². The van der Waals surface area contributed by atoms with Crippen LogP contribution < -0.4 is 15.0 Å². The van der Waals surface area contributed by atoms with Crippen LogP contribution in [-0.2, 0) is 0 Å². The van der Waals surface area contributed by atoms with Gasteiger partial charge in [-0.1, -0.05) is 50.1 Å². The number of benzene rings is 3. The average molecular weight is 511 g/mol. The Labute approximate surface area is 226 Å². The van der Waals surface area contributed by atoms with Crippen LogP contribution >= 0.6 is 0 Å². The van der Waals surface area contributed by atoms with Crippen LogP contribution in [0.3, 0.4) is 0 Å². The van der Waals surface area contributed by atoms with Gasteiger partial charge in [-0.2, -0.15) is 0 Å². The summed E-state index contributed by atoms with van der Waals surface area (Å²) in [4.78, 5) is 23.1. The lowest BCUT2D eigenvalue weighted by atomic mass is 9.83. The van der Waals surface area contributed by atoms with Crippen molar-refractivity contribution in [2.45, 2.75) is 39.5 Å². The van der Waals surface area contributed by atoms with Crippen molar-refractivity contribution < 1.29 is 9.53 Å². The molecular weight excluding hydrogens is 472 g/mol. The first kappa shape index (κ1) is 27.1. The van der Waals surface area contributed by atoms with Gasteiger partial charge in [0, 0.05) is 31.6 Å². The van der Waals surface area contributed by atoms with Crippen molar-refractivity contribution in [3.8, 4) is 11.5 Å². The summed E-state index contributed by atoms with van der Waals surface area (Å²) < 4.78 is 5.75. The van der Waals surface area contributed by atoms with E-state index in [-0.39, 0.29) is 5.91 Å². The molecule has 1 N–H and O–H groups in total. The number of nitrogens with zero attached hydrogens (tertiary/aromatic N) is 3. The van der Waals surface area contributed by atoms with Gasteiger partial charge in [-0.05, 0) is 80.1 Å². The molecule has 4 aromatic rings. The number of hydrogen-bond acceptors (Lipinski definition) is 5. The van der Waals surface area contributed by atoms with Crippen LogP contribution in [0.25, 0.3) is 10.9 Å². The normalized spacial score (nSPS) is 16.7. The van der Waals surface area contributed by atoms with Crippen molar-refractivity contribution in [3.05, 3.63) is 90.3 Å². The van der Waals surface area contributed by atoms with Crippen LogP contribution in [0.2, 0.25) is 0 Å². The first-order chi connectivity index (χ1) is 18.4. The second-order valence-electron chi connectivity index (χ2n) is 10.3. The summed E-state index contributed by atoms with van der Waals surface area (Å²) in [7, 11) is 3.99. The Morgan fingerprint density at radius 3 is 2.18 bits per heavy atom. The fourth-order valence-electron chi connectivity index (χ4n) is 4.69. The number of carbonyl (C=O) groups is 1. The lowest BCUT2D eigenvalue weighted by molar-refractivity contribution is 0.0942. The summed E-state index contributed by atoms with van der Waals surface area (Å²) in [6, 6.07) is 25.0. The highest BCUT2D eigenvalue weighted by Crippen LogP contribution is 2.28. The van der Waals surface area contributed by atoms with Gasteiger partial charge in [0.05, 0.1) is 5.52 Å². The molecule has 1 saturated carbocycles. The van der Waals surface area contributed by atoms with E-state index in [0.717, 1.165) is 46.5 Å². The minimum Gasteiger partial charge on any atom is -0.457 e. The maximum atomic E-state index is 12.3. The minimum atomic E-state index is -0.000108. The topological polar surface area (TPSA) is 67.3 Å². The SMILES string of the molecule is CC1CCC(CNC(=O)c2ccc(Oc3ccccc3)cc2)CC1.Cc1nc(N(C)C)c2ccccc2n1. The maximum absolute atomic E-state index is 12.3. The largest absolute Gasteiger partial charge is 0.457 e. The molecule has 0 spiro atoms. The standard InChI is InChI=1S/C21H25NO2.C11H13N3/c1-16-7-9-17(10-8-16)15-22-21(23)18-11-13-20(14-12-18)24-19-5-3-2-4-6-19;1-8-12-10-7-5-4-6-9(10)11(13-8)14(2)3/h2-6,11-14,16-17H,7-10,15H2,1H3,(H,22,23);4-7H,1-3H3. The smallest absolute Gasteiger partial charge is 0.251 e. The van der Waals surface area contributed by atoms with Crippen LogP contribution in [0.1, 0.15) is 48.8 Å². The van der Waals surface area contributed by atoms with Crippen molar-refractivity contribution in [3.63, 3.8) is 0 Å². The highest BCUT2D eigenvalue weighted by Gasteiger charge is 2.19. The second-order valence-corrected chi connectivity index (χ2v) is 10.3. The molecule has 0 saturated heterocycles. The van der Waals surface area contributed by atoms with Gasteiger partial charge in [-0.15, -0.1) is 0 Å². The number of amides is 1. The van der Waals surface area contributed by atoms with E-state index in [4.69, 9.17) is 4.74 Å². The lowest BCUT2D eigenvalue weighted by Gasteiger charge is -2.26. The molecule has 1 aliphatic carbocycles. The van der Waals surface area contributed by atoms with E-state index in [1.807, 2.05) is 105 Å². The van der Waals surface area contributed by atoms with E-state index >= 15 is 0 Å². The highest BCUT2D eigenvalue weighted by atomic mass is 16.5. The van der Waals surface area contributed by atoms with Crippen molar-refractivity contribution in [1.29, 1.82) is 0 Å². The molecule has 0 bridgehead atoms. The number of anilines is 1. The van der Waals surface area contributed by atoms with Gasteiger partial charge in [0.25, 0.3) is 5.91 Å². The molecule has 1 heterocycles. The summed E-state index contributed by atoms with van der Waals surface area (Å²) in [6.45, 7) is 5.02. The number of ether oxygens (including phenoxy) is 1. The minimum absolute atomic E-state index is 0.000108. The quantitative estimate of drug-likeness (QED) is 0.301. The van der Waals surface area contributed by atoms with Gasteiger partial charge < -0.3 is 15.0 Å². The first-order valence-electron chi connectivity index (χ1n) is 13.4. The number of nitrogens with one attached hydrogen (secondary N) is 1. The second kappa shape index (κ2) is 13.0. The summed E-state index contributed by atoms with van der Waals surface area (Å²) in [5.41, 5.74) is 1.68. The third-order valence-electron chi connectivity index (χ3n) is 6.90. The van der Waals surface area contributed by atoms with E-state index in [1.54, 1.807) is 0 Å². The van der Waals surface area contributed by atoms with Gasteiger partial charge in [-0.25, -0.2) is 9.97 Å².